The average Bonchev–Trinajstić information content (AvgIpc) is 3.30. The molecule has 3 atom stereocenters. The van der Waals surface area contributed by atoms with Crippen molar-refractivity contribution in [3.63, 3.8) is 0 Å². The van der Waals surface area contributed by atoms with Crippen LogP contribution >= 0.6 is 11.8 Å². The van der Waals surface area contributed by atoms with Crippen LogP contribution in [0.25, 0.3) is 0 Å². The Hall–Kier alpha value is -2.49. The van der Waals surface area contributed by atoms with E-state index in [4.69, 9.17) is 4.42 Å². The fourth-order valence-corrected chi connectivity index (χ4v) is 4.77. The highest BCUT2D eigenvalue weighted by Gasteiger charge is 2.29. The van der Waals surface area contributed by atoms with Gasteiger partial charge in [-0.3, -0.25) is 14.7 Å². The monoisotopic (exact) mass is 462 g/mol. The largest absolute Gasteiger partial charge is 0.467 e. The molecule has 0 aliphatic carbocycles. The van der Waals surface area contributed by atoms with Crippen LogP contribution < -0.4 is 15.5 Å². The molecule has 1 aliphatic heterocycles. The first-order valence-corrected chi connectivity index (χ1v) is 11.9. The second kappa shape index (κ2) is 9.97. The van der Waals surface area contributed by atoms with Gasteiger partial charge in [-0.15, -0.1) is 10.2 Å². The van der Waals surface area contributed by atoms with E-state index in [2.05, 4.69) is 39.6 Å². The fraction of sp³-hybridized carbons (Fsp3) is 0.636. The first-order valence-electron chi connectivity index (χ1n) is 11.0. The number of imide groups is 1. The summed E-state index contributed by atoms with van der Waals surface area (Å²) < 4.78 is 7.55. The molecule has 1 aliphatic rings. The predicted octanol–water partition coefficient (Wildman–Crippen LogP) is 3.51. The third-order valence-corrected chi connectivity index (χ3v) is 6.20. The number of carbonyl (C=O) groups excluding carboxylic acids is 2. The van der Waals surface area contributed by atoms with E-state index < -0.39 is 16.8 Å². The number of amides is 3. The van der Waals surface area contributed by atoms with Crippen molar-refractivity contribution in [1.29, 1.82) is 0 Å². The summed E-state index contributed by atoms with van der Waals surface area (Å²) in [5.74, 6) is 2.31. The quantitative estimate of drug-likeness (QED) is 0.633. The number of aromatic nitrogens is 3. The second-order valence-corrected chi connectivity index (χ2v) is 11.1. The van der Waals surface area contributed by atoms with Crippen LogP contribution in [-0.2, 0) is 11.3 Å². The summed E-state index contributed by atoms with van der Waals surface area (Å²) in [5.41, 5.74) is -0.429. The van der Waals surface area contributed by atoms with Gasteiger partial charge in [0, 0.05) is 18.6 Å². The van der Waals surface area contributed by atoms with Crippen molar-refractivity contribution in [3.8, 4) is 0 Å². The summed E-state index contributed by atoms with van der Waals surface area (Å²) in [5, 5.41) is 14.1. The zero-order chi connectivity index (χ0) is 23.5. The standard InChI is InChI=1S/C22H34N6O3S/c1-14-10-15(2)12-27(11-14)20-25-26-21(28(20)13-17-8-7-9-31-17)32-16(3)18(29)23-19(30)24-22(4,5)6/h7-9,14-16H,10-13H2,1-6H3,(H2,23,24,29,30). The van der Waals surface area contributed by atoms with E-state index in [1.165, 1.54) is 18.2 Å². The Morgan fingerprint density at radius 1 is 1.25 bits per heavy atom. The zero-order valence-electron chi connectivity index (χ0n) is 19.7. The predicted molar refractivity (Wildman–Crippen MR) is 125 cm³/mol. The molecule has 0 spiro atoms. The van der Waals surface area contributed by atoms with Gasteiger partial charge in [0.25, 0.3) is 0 Å². The van der Waals surface area contributed by atoms with Gasteiger partial charge in [0.05, 0.1) is 18.1 Å². The molecule has 0 saturated carbocycles. The molecular weight excluding hydrogens is 428 g/mol. The van der Waals surface area contributed by atoms with E-state index >= 15 is 0 Å². The lowest BCUT2D eigenvalue weighted by Crippen LogP contribution is -2.49. The molecule has 176 valence electrons. The smallest absolute Gasteiger partial charge is 0.321 e. The van der Waals surface area contributed by atoms with Gasteiger partial charge in [0.15, 0.2) is 5.16 Å². The summed E-state index contributed by atoms with van der Waals surface area (Å²) in [7, 11) is 0. The van der Waals surface area contributed by atoms with Gasteiger partial charge in [-0.05, 0) is 58.1 Å². The Labute approximate surface area is 193 Å². The van der Waals surface area contributed by atoms with Crippen molar-refractivity contribution in [2.45, 2.75) is 70.5 Å². The molecule has 3 heterocycles. The van der Waals surface area contributed by atoms with Crippen molar-refractivity contribution in [2.75, 3.05) is 18.0 Å². The fourth-order valence-electron chi connectivity index (χ4n) is 3.92. The minimum absolute atomic E-state index is 0.383. The second-order valence-electron chi connectivity index (χ2n) is 9.75. The number of furan rings is 1. The molecule has 3 rings (SSSR count). The van der Waals surface area contributed by atoms with Gasteiger partial charge in [0.1, 0.15) is 5.76 Å². The van der Waals surface area contributed by atoms with E-state index in [0.717, 1.165) is 24.8 Å². The van der Waals surface area contributed by atoms with Crippen molar-refractivity contribution in [2.24, 2.45) is 11.8 Å². The molecule has 2 N–H and O–H groups in total. The van der Waals surface area contributed by atoms with Crippen molar-refractivity contribution in [3.05, 3.63) is 24.2 Å². The number of thioether (sulfide) groups is 1. The van der Waals surface area contributed by atoms with Gasteiger partial charge in [-0.2, -0.15) is 0 Å². The first kappa shape index (κ1) is 24.2. The molecule has 32 heavy (non-hydrogen) atoms. The number of hydrogen-bond acceptors (Lipinski definition) is 7. The molecule has 0 aromatic carbocycles. The van der Waals surface area contributed by atoms with Gasteiger partial charge < -0.3 is 14.6 Å². The number of nitrogens with one attached hydrogen (secondary N) is 2. The number of urea groups is 1. The number of rotatable bonds is 6. The summed E-state index contributed by atoms with van der Waals surface area (Å²) in [6.07, 6.45) is 2.83. The Morgan fingerprint density at radius 3 is 2.53 bits per heavy atom. The maximum Gasteiger partial charge on any atom is 0.321 e. The average molecular weight is 463 g/mol. The number of anilines is 1. The van der Waals surface area contributed by atoms with E-state index in [-0.39, 0.29) is 5.91 Å². The van der Waals surface area contributed by atoms with Crippen LogP contribution in [0, 0.1) is 11.8 Å². The minimum Gasteiger partial charge on any atom is -0.467 e. The van der Waals surface area contributed by atoms with Crippen molar-refractivity contribution >= 4 is 29.6 Å². The van der Waals surface area contributed by atoms with Crippen LogP contribution in [0.15, 0.2) is 28.0 Å². The third kappa shape index (κ3) is 6.51. The Bertz CT molecular complexity index is 911. The van der Waals surface area contributed by atoms with E-state index in [1.807, 2.05) is 37.5 Å². The molecule has 3 amide bonds. The molecule has 9 nitrogen and oxygen atoms in total. The van der Waals surface area contributed by atoms with Crippen LogP contribution in [0.4, 0.5) is 10.7 Å². The van der Waals surface area contributed by atoms with E-state index in [1.54, 1.807) is 13.2 Å². The highest BCUT2D eigenvalue weighted by Crippen LogP contribution is 2.30. The molecule has 0 radical (unpaired) electrons. The molecule has 0 bridgehead atoms. The van der Waals surface area contributed by atoms with Crippen LogP contribution in [0.3, 0.4) is 0 Å². The lowest BCUT2D eigenvalue weighted by Gasteiger charge is -2.35. The topological polar surface area (TPSA) is 105 Å². The van der Waals surface area contributed by atoms with Crippen LogP contribution in [-0.4, -0.2) is 50.6 Å². The van der Waals surface area contributed by atoms with Gasteiger partial charge >= 0.3 is 6.03 Å². The van der Waals surface area contributed by atoms with Crippen molar-refractivity contribution < 1.29 is 14.0 Å². The molecular formula is C22H34N6O3S. The van der Waals surface area contributed by atoms with E-state index in [0.29, 0.717) is 23.5 Å². The van der Waals surface area contributed by atoms with E-state index in [9.17, 15) is 9.59 Å². The zero-order valence-corrected chi connectivity index (χ0v) is 20.5. The highest BCUT2D eigenvalue weighted by molar-refractivity contribution is 8.00. The van der Waals surface area contributed by atoms with Crippen LogP contribution in [0.5, 0.6) is 0 Å². The molecule has 3 unspecified atom stereocenters. The summed E-state index contributed by atoms with van der Waals surface area (Å²) in [6, 6.07) is 3.25. The normalized spacial score (nSPS) is 20.1. The maximum absolute atomic E-state index is 12.6. The van der Waals surface area contributed by atoms with Gasteiger partial charge in [-0.25, -0.2) is 4.79 Å². The Balaban J connectivity index is 1.77. The summed E-state index contributed by atoms with van der Waals surface area (Å²) in [4.78, 5) is 26.9. The molecule has 2 aromatic rings. The van der Waals surface area contributed by atoms with Gasteiger partial charge in [-0.1, -0.05) is 25.6 Å². The van der Waals surface area contributed by atoms with Crippen molar-refractivity contribution in [1.82, 2.24) is 25.4 Å². The summed E-state index contributed by atoms with van der Waals surface area (Å²) >= 11 is 1.28. The SMILES string of the molecule is CC1CC(C)CN(c2nnc(SC(C)C(=O)NC(=O)NC(C)(C)C)n2Cc2ccco2)C1. The first-order chi connectivity index (χ1) is 15.0. The minimum atomic E-state index is -0.535. The van der Waals surface area contributed by atoms with Crippen LogP contribution in [0.2, 0.25) is 0 Å². The van der Waals surface area contributed by atoms with Gasteiger partial charge in [0.2, 0.25) is 11.9 Å². The Morgan fingerprint density at radius 2 is 1.94 bits per heavy atom. The maximum atomic E-state index is 12.6. The Kier molecular flexibility index (Phi) is 7.53. The van der Waals surface area contributed by atoms with Crippen LogP contribution in [0.1, 0.15) is 53.7 Å². The summed E-state index contributed by atoms with van der Waals surface area (Å²) in [6.45, 7) is 14.1. The lowest BCUT2D eigenvalue weighted by atomic mass is 9.92. The molecule has 1 saturated heterocycles. The molecule has 10 heteroatoms. The highest BCUT2D eigenvalue weighted by atomic mass is 32.2. The molecule has 1 fully saturated rings. The third-order valence-electron chi connectivity index (χ3n) is 5.12. The lowest BCUT2D eigenvalue weighted by molar-refractivity contribution is -0.119. The number of nitrogens with zero attached hydrogens (tertiary/aromatic N) is 4. The number of hydrogen-bond donors (Lipinski definition) is 2. The molecule has 2 aromatic heterocycles. The number of carbonyl (C=O) groups is 2. The number of piperidine rings is 1.